The maximum Gasteiger partial charge on any atom is 0.247 e. The SMILES string of the molecule is CN1CC[C@@]2(C1=O)C(=O)N(C)c1ccccc12. The Labute approximate surface area is 99.8 Å². The van der Waals surface area contributed by atoms with Gasteiger partial charge in [0.05, 0.1) is 0 Å². The van der Waals surface area contributed by atoms with Crippen LogP contribution < -0.4 is 4.90 Å². The number of anilines is 1. The van der Waals surface area contributed by atoms with Crippen molar-refractivity contribution in [2.45, 2.75) is 11.8 Å². The summed E-state index contributed by atoms with van der Waals surface area (Å²) in [5.41, 5.74) is 0.781. The first-order valence-corrected chi connectivity index (χ1v) is 5.72. The molecule has 1 saturated heterocycles. The van der Waals surface area contributed by atoms with Crippen molar-refractivity contribution in [1.82, 2.24) is 4.90 Å². The molecule has 1 atom stereocenters. The number of fused-ring (bicyclic) bond motifs is 2. The van der Waals surface area contributed by atoms with Gasteiger partial charge in [0.15, 0.2) is 5.41 Å². The highest BCUT2D eigenvalue weighted by Gasteiger charge is 2.58. The van der Waals surface area contributed by atoms with Gasteiger partial charge in [-0.3, -0.25) is 9.59 Å². The molecule has 88 valence electrons. The van der Waals surface area contributed by atoms with Crippen molar-refractivity contribution in [1.29, 1.82) is 0 Å². The number of nitrogens with zero attached hydrogens (tertiary/aromatic N) is 2. The van der Waals surface area contributed by atoms with Gasteiger partial charge in [-0.15, -0.1) is 0 Å². The number of likely N-dealkylation sites (tertiary alicyclic amines) is 1. The van der Waals surface area contributed by atoms with Crippen LogP contribution in [0.1, 0.15) is 12.0 Å². The summed E-state index contributed by atoms with van der Waals surface area (Å²) < 4.78 is 0. The highest BCUT2D eigenvalue weighted by molar-refractivity contribution is 6.22. The molecule has 0 radical (unpaired) electrons. The predicted octanol–water partition coefficient (Wildman–Crippen LogP) is 0.763. The molecule has 0 aliphatic carbocycles. The fourth-order valence-electron chi connectivity index (χ4n) is 2.96. The minimum atomic E-state index is -0.944. The summed E-state index contributed by atoms with van der Waals surface area (Å²) in [5, 5.41) is 0. The number of hydrogen-bond acceptors (Lipinski definition) is 2. The van der Waals surface area contributed by atoms with Crippen LogP contribution in [-0.4, -0.2) is 37.4 Å². The quantitative estimate of drug-likeness (QED) is 0.617. The van der Waals surface area contributed by atoms with Gasteiger partial charge in [0.25, 0.3) is 0 Å². The molecule has 1 spiro atoms. The second-order valence-electron chi connectivity index (χ2n) is 4.76. The fraction of sp³-hybridized carbons (Fsp3) is 0.385. The molecule has 0 unspecified atom stereocenters. The van der Waals surface area contributed by atoms with Crippen LogP contribution in [0.5, 0.6) is 0 Å². The molecule has 4 heteroatoms. The molecule has 1 fully saturated rings. The number of carbonyl (C=O) groups is 2. The van der Waals surface area contributed by atoms with Crippen LogP contribution in [0.2, 0.25) is 0 Å². The maximum absolute atomic E-state index is 12.4. The van der Waals surface area contributed by atoms with Crippen LogP contribution >= 0.6 is 0 Å². The first-order chi connectivity index (χ1) is 8.09. The molecule has 2 aliphatic heterocycles. The summed E-state index contributed by atoms with van der Waals surface area (Å²) in [6.45, 7) is 0.646. The van der Waals surface area contributed by atoms with Crippen LogP contribution in [0.25, 0.3) is 0 Å². The van der Waals surface area contributed by atoms with Gasteiger partial charge < -0.3 is 9.80 Å². The molecular weight excluding hydrogens is 216 g/mol. The van der Waals surface area contributed by atoms with Gasteiger partial charge >= 0.3 is 0 Å². The average Bonchev–Trinajstić information content (AvgIpc) is 2.76. The van der Waals surface area contributed by atoms with Crippen molar-refractivity contribution in [3.05, 3.63) is 29.8 Å². The summed E-state index contributed by atoms with van der Waals surface area (Å²) in [5.74, 6) is -0.160. The third kappa shape index (κ3) is 1.03. The second-order valence-corrected chi connectivity index (χ2v) is 4.76. The van der Waals surface area contributed by atoms with Crippen molar-refractivity contribution in [3.63, 3.8) is 0 Å². The third-order valence-electron chi connectivity index (χ3n) is 3.93. The van der Waals surface area contributed by atoms with Gasteiger partial charge in [-0.25, -0.2) is 0 Å². The van der Waals surface area contributed by atoms with E-state index >= 15 is 0 Å². The first-order valence-electron chi connectivity index (χ1n) is 5.72. The van der Waals surface area contributed by atoms with E-state index in [1.54, 1.807) is 23.9 Å². The highest BCUT2D eigenvalue weighted by atomic mass is 16.2. The zero-order valence-corrected chi connectivity index (χ0v) is 9.93. The number of hydrogen-bond donors (Lipinski definition) is 0. The van der Waals surface area contributed by atoms with Crippen LogP contribution in [0.3, 0.4) is 0 Å². The molecule has 1 aromatic rings. The Morgan fingerprint density at radius 1 is 1.12 bits per heavy atom. The van der Waals surface area contributed by atoms with Crippen molar-refractivity contribution in [2.24, 2.45) is 0 Å². The Morgan fingerprint density at radius 3 is 2.47 bits per heavy atom. The number of benzene rings is 1. The summed E-state index contributed by atoms with van der Waals surface area (Å²) in [7, 11) is 3.49. The summed E-state index contributed by atoms with van der Waals surface area (Å²) >= 11 is 0. The molecule has 2 heterocycles. The van der Waals surface area contributed by atoms with E-state index < -0.39 is 5.41 Å². The fourth-order valence-corrected chi connectivity index (χ4v) is 2.96. The highest BCUT2D eigenvalue weighted by Crippen LogP contribution is 2.46. The number of para-hydroxylation sites is 1. The van der Waals surface area contributed by atoms with E-state index in [-0.39, 0.29) is 11.8 Å². The molecule has 0 aromatic heterocycles. The molecule has 4 nitrogen and oxygen atoms in total. The normalized spacial score (nSPS) is 27.2. The lowest BCUT2D eigenvalue weighted by molar-refractivity contribution is -0.137. The standard InChI is InChI=1S/C13H14N2O2/c1-14-8-7-13(11(14)16)9-5-3-4-6-10(9)15(2)12(13)17/h3-6H,7-8H2,1-2H3/t13-/m1/s1. The van der Waals surface area contributed by atoms with Gasteiger partial charge in [0, 0.05) is 31.9 Å². The van der Waals surface area contributed by atoms with Crippen LogP contribution in [-0.2, 0) is 15.0 Å². The van der Waals surface area contributed by atoms with Gasteiger partial charge in [0.2, 0.25) is 11.8 Å². The van der Waals surface area contributed by atoms with Crippen molar-refractivity contribution >= 4 is 17.5 Å². The third-order valence-corrected chi connectivity index (χ3v) is 3.93. The van der Waals surface area contributed by atoms with E-state index in [1.165, 1.54) is 0 Å². The van der Waals surface area contributed by atoms with Crippen molar-refractivity contribution in [2.75, 3.05) is 25.5 Å². The lowest BCUT2D eigenvalue weighted by Gasteiger charge is -2.20. The molecule has 3 rings (SSSR count). The van der Waals surface area contributed by atoms with Crippen LogP contribution in [0.4, 0.5) is 5.69 Å². The molecule has 2 amide bonds. The van der Waals surface area contributed by atoms with E-state index in [4.69, 9.17) is 0 Å². The summed E-state index contributed by atoms with van der Waals surface area (Å²) in [4.78, 5) is 28.0. The molecular formula is C13H14N2O2. The zero-order chi connectivity index (χ0) is 12.2. The Morgan fingerprint density at radius 2 is 1.82 bits per heavy atom. The van der Waals surface area contributed by atoms with Gasteiger partial charge in [-0.2, -0.15) is 0 Å². The van der Waals surface area contributed by atoms with Gasteiger partial charge in [-0.1, -0.05) is 18.2 Å². The topological polar surface area (TPSA) is 40.6 Å². The van der Waals surface area contributed by atoms with Gasteiger partial charge in [-0.05, 0) is 12.5 Å². The number of amides is 2. The number of rotatable bonds is 0. The smallest absolute Gasteiger partial charge is 0.247 e. The van der Waals surface area contributed by atoms with E-state index in [2.05, 4.69) is 0 Å². The molecule has 2 aliphatic rings. The van der Waals surface area contributed by atoms with Gasteiger partial charge in [0.1, 0.15) is 0 Å². The van der Waals surface area contributed by atoms with Crippen LogP contribution in [0.15, 0.2) is 24.3 Å². The Hall–Kier alpha value is -1.84. The Kier molecular flexibility index (Phi) is 1.88. The largest absolute Gasteiger partial charge is 0.344 e. The Bertz CT molecular complexity index is 526. The van der Waals surface area contributed by atoms with E-state index in [0.717, 1.165) is 11.3 Å². The Balaban J connectivity index is 2.26. The number of carbonyl (C=O) groups excluding carboxylic acids is 2. The van der Waals surface area contributed by atoms with Crippen molar-refractivity contribution in [3.8, 4) is 0 Å². The molecule has 0 N–H and O–H groups in total. The average molecular weight is 230 g/mol. The van der Waals surface area contributed by atoms with E-state index in [9.17, 15) is 9.59 Å². The monoisotopic (exact) mass is 230 g/mol. The molecule has 0 bridgehead atoms. The second kappa shape index (κ2) is 3.09. The van der Waals surface area contributed by atoms with E-state index in [1.807, 2.05) is 24.3 Å². The molecule has 0 saturated carbocycles. The summed E-state index contributed by atoms with van der Waals surface area (Å²) in [6, 6.07) is 7.57. The van der Waals surface area contributed by atoms with E-state index in [0.29, 0.717) is 13.0 Å². The van der Waals surface area contributed by atoms with Crippen LogP contribution in [0, 0.1) is 0 Å². The minimum absolute atomic E-state index is 0.0701. The minimum Gasteiger partial charge on any atom is -0.344 e. The lowest BCUT2D eigenvalue weighted by atomic mass is 9.80. The predicted molar refractivity (Wildman–Crippen MR) is 63.8 cm³/mol. The molecule has 17 heavy (non-hydrogen) atoms. The lowest BCUT2D eigenvalue weighted by Crippen LogP contribution is -2.44. The van der Waals surface area contributed by atoms with Crippen molar-refractivity contribution < 1.29 is 9.59 Å². The zero-order valence-electron chi connectivity index (χ0n) is 9.93. The first kappa shape index (κ1) is 10.3. The maximum atomic E-state index is 12.4. The number of likely N-dealkylation sites (N-methyl/N-ethyl adjacent to an activating group) is 2. The molecule has 1 aromatic carbocycles. The summed E-state index contributed by atoms with van der Waals surface area (Å²) in [6.07, 6.45) is 0.586.